The van der Waals surface area contributed by atoms with Crippen LogP contribution in [-0.2, 0) is 4.79 Å². The molecule has 1 saturated carbocycles. The Morgan fingerprint density at radius 3 is 2.47 bits per heavy atom. The van der Waals surface area contributed by atoms with Gasteiger partial charge in [0.05, 0.1) is 0 Å². The lowest BCUT2D eigenvalue weighted by Gasteiger charge is -2.15. The van der Waals surface area contributed by atoms with E-state index in [9.17, 15) is 4.79 Å². The monoisotopic (exact) mass is 229 g/mol. The van der Waals surface area contributed by atoms with Gasteiger partial charge in [0.1, 0.15) is 0 Å². The Morgan fingerprint density at radius 2 is 1.87 bits per heavy atom. The van der Waals surface area contributed by atoms with Crippen LogP contribution in [0, 0.1) is 0 Å². The summed E-state index contributed by atoms with van der Waals surface area (Å²) in [7, 11) is 0. The smallest absolute Gasteiger partial charge is 0.216 e. The van der Waals surface area contributed by atoms with Crippen LogP contribution in [0.2, 0.25) is 0 Å². The maximum absolute atomic E-state index is 10.6. The second-order valence-corrected chi connectivity index (χ2v) is 4.27. The van der Waals surface area contributed by atoms with E-state index in [-0.39, 0.29) is 5.91 Å². The Bertz CT molecular complexity index is 227. The number of thiocarbonyl (C=S) groups is 1. The normalized spacial score (nSPS) is 16.1. The van der Waals surface area contributed by atoms with Crippen molar-refractivity contribution in [1.29, 1.82) is 0 Å². The number of hydrogen-bond acceptors (Lipinski definition) is 2. The molecule has 1 fully saturated rings. The summed E-state index contributed by atoms with van der Waals surface area (Å²) in [6, 6.07) is 0.547. The van der Waals surface area contributed by atoms with Gasteiger partial charge in [0, 0.05) is 26.1 Å². The molecular formula is C10H19N3OS. The van der Waals surface area contributed by atoms with Crippen molar-refractivity contribution in [2.75, 3.05) is 13.1 Å². The lowest BCUT2D eigenvalue weighted by Crippen LogP contribution is -2.43. The molecule has 15 heavy (non-hydrogen) atoms. The molecule has 1 amide bonds. The first-order valence-electron chi connectivity index (χ1n) is 5.47. The Balaban J connectivity index is 2.00. The zero-order chi connectivity index (χ0) is 11.1. The molecule has 0 aliphatic heterocycles. The summed E-state index contributed by atoms with van der Waals surface area (Å²) in [6.45, 7) is 2.80. The zero-order valence-corrected chi connectivity index (χ0v) is 9.95. The minimum atomic E-state index is -0.00790. The number of nitrogens with one attached hydrogen (secondary N) is 3. The number of amides is 1. The summed E-state index contributed by atoms with van der Waals surface area (Å²) in [6.07, 6.45) is 5.03. The molecule has 0 saturated heterocycles. The molecule has 1 rings (SSSR count). The molecule has 0 aromatic rings. The van der Waals surface area contributed by atoms with E-state index in [0.29, 0.717) is 24.2 Å². The van der Waals surface area contributed by atoms with Gasteiger partial charge in [0.15, 0.2) is 5.11 Å². The molecule has 0 atom stereocenters. The van der Waals surface area contributed by atoms with Gasteiger partial charge in [0.2, 0.25) is 5.91 Å². The predicted octanol–water partition coefficient (Wildman–Crippen LogP) is 0.529. The van der Waals surface area contributed by atoms with E-state index in [2.05, 4.69) is 16.0 Å². The number of carbonyl (C=O) groups is 1. The summed E-state index contributed by atoms with van der Waals surface area (Å²) in [5, 5.41) is 9.75. The van der Waals surface area contributed by atoms with Crippen LogP contribution in [-0.4, -0.2) is 30.2 Å². The Labute approximate surface area is 96.2 Å². The third kappa shape index (κ3) is 5.57. The van der Waals surface area contributed by atoms with Gasteiger partial charge in [-0.1, -0.05) is 12.8 Å². The topological polar surface area (TPSA) is 53.2 Å². The van der Waals surface area contributed by atoms with E-state index < -0.39 is 0 Å². The summed E-state index contributed by atoms with van der Waals surface area (Å²) in [4.78, 5) is 10.6. The van der Waals surface area contributed by atoms with Crippen molar-refractivity contribution >= 4 is 23.2 Å². The largest absolute Gasteiger partial charge is 0.361 e. The van der Waals surface area contributed by atoms with Crippen molar-refractivity contribution < 1.29 is 4.79 Å². The van der Waals surface area contributed by atoms with Crippen molar-refractivity contribution in [3.63, 3.8) is 0 Å². The second kappa shape index (κ2) is 6.61. The highest BCUT2D eigenvalue weighted by molar-refractivity contribution is 7.80. The SMILES string of the molecule is CC(=O)NCCNC(=S)NC1CCCC1. The summed E-state index contributed by atoms with van der Waals surface area (Å²) in [5.41, 5.74) is 0. The second-order valence-electron chi connectivity index (χ2n) is 3.86. The maximum Gasteiger partial charge on any atom is 0.216 e. The fourth-order valence-corrected chi connectivity index (χ4v) is 1.99. The summed E-state index contributed by atoms with van der Waals surface area (Å²) in [5.74, 6) is -0.00790. The number of hydrogen-bond donors (Lipinski definition) is 3. The maximum atomic E-state index is 10.6. The molecular weight excluding hydrogens is 210 g/mol. The van der Waals surface area contributed by atoms with Crippen LogP contribution in [0.5, 0.6) is 0 Å². The fraction of sp³-hybridized carbons (Fsp3) is 0.800. The van der Waals surface area contributed by atoms with Crippen LogP contribution in [0.15, 0.2) is 0 Å². The standard InChI is InChI=1S/C10H19N3OS/c1-8(14)11-6-7-12-10(15)13-9-4-2-3-5-9/h9H,2-7H2,1H3,(H,11,14)(H2,12,13,15). The molecule has 5 heteroatoms. The van der Waals surface area contributed by atoms with Gasteiger partial charge in [0.25, 0.3) is 0 Å². The molecule has 0 aromatic heterocycles. The minimum absolute atomic E-state index is 0.00790. The quantitative estimate of drug-likeness (QED) is 0.486. The third-order valence-corrected chi connectivity index (χ3v) is 2.74. The van der Waals surface area contributed by atoms with Crippen LogP contribution in [0.25, 0.3) is 0 Å². The molecule has 3 N–H and O–H groups in total. The third-order valence-electron chi connectivity index (χ3n) is 2.47. The van der Waals surface area contributed by atoms with E-state index in [0.717, 1.165) is 0 Å². The molecule has 0 radical (unpaired) electrons. The van der Waals surface area contributed by atoms with Gasteiger partial charge in [-0.2, -0.15) is 0 Å². The number of rotatable bonds is 4. The molecule has 0 bridgehead atoms. The van der Waals surface area contributed by atoms with E-state index >= 15 is 0 Å². The molecule has 0 heterocycles. The minimum Gasteiger partial charge on any atom is -0.361 e. The lowest BCUT2D eigenvalue weighted by molar-refractivity contribution is -0.118. The van der Waals surface area contributed by atoms with Crippen LogP contribution in [0.4, 0.5) is 0 Å². The first-order valence-corrected chi connectivity index (χ1v) is 5.88. The van der Waals surface area contributed by atoms with Gasteiger partial charge in [-0.3, -0.25) is 4.79 Å². The van der Waals surface area contributed by atoms with Gasteiger partial charge >= 0.3 is 0 Å². The van der Waals surface area contributed by atoms with Crippen molar-refractivity contribution in [2.24, 2.45) is 0 Å². The highest BCUT2D eigenvalue weighted by atomic mass is 32.1. The molecule has 0 aromatic carbocycles. The molecule has 0 spiro atoms. The van der Waals surface area contributed by atoms with Gasteiger partial charge in [-0.25, -0.2) is 0 Å². The van der Waals surface area contributed by atoms with E-state index in [1.807, 2.05) is 0 Å². The molecule has 0 unspecified atom stereocenters. The fourth-order valence-electron chi connectivity index (χ4n) is 1.72. The predicted molar refractivity (Wildman–Crippen MR) is 64.7 cm³/mol. The van der Waals surface area contributed by atoms with Crippen molar-refractivity contribution in [3.05, 3.63) is 0 Å². The van der Waals surface area contributed by atoms with Crippen LogP contribution in [0.1, 0.15) is 32.6 Å². The van der Waals surface area contributed by atoms with Gasteiger partial charge in [-0.15, -0.1) is 0 Å². The summed E-state index contributed by atoms with van der Waals surface area (Å²) < 4.78 is 0. The Morgan fingerprint density at radius 1 is 1.27 bits per heavy atom. The van der Waals surface area contributed by atoms with Gasteiger partial charge in [-0.05, 0) is 25.1 Å². The molecule has 1 aliphatic rings. The summed E-state index contributed by atoms with van der Waals surface area (Å²) >= 11 is 5.13. The van der Waals surface area contributed by atoms with E-state index in [1.54, 1.807) is 0 Å². The molecule has 1 aliphatic carbocycles. The number of carbonyl (C=O) groups excluding carboxylic acids is 1. The van der Waals surface area contributed by atoms with Crippen molar-refractivity contribution in [3.8, 4) is 0 Å². The van der Waals surface area contributed by atoms with Crippen molar-refractivity contribution in [2.45, 2.75) is 38.6 Å². The average molecular weight is 229 g/mol. The van der Waals surface area contributed by atoms with Crippen LogP contribution >= 0.6 is 12.2 Å². The van der Waals surface area contributed by atoms with E-state index in [1.165, 1.54) is 32.6 Å². The average Bonchev–Trinajstić information content (AvgIpc) is 2.64. The van der Waals surface area contributed by atoms with Gasteiger partial charge < -0.3 is 16.0 Å². The van der Waals surface area contributed by atoms with Crippen LogP contribution in [0.3, 0.4) is 0 Å². The zero-order valence-electron chi connectivity index (χ0n) is 9.14. The highest BCUT2D eigenvalue weighted by Gasteiger charge is 2.14. The first-order chi connectivity index (χ1) is 7.18. The Kier molecular flexibility index (Phi) is 5.39. The van der Waals surface area contributed by atoms with Crippen molar-refractivity contribution in [1.82, 2.24) is 16.0 Å². The first kappa shape index (κ1) is 12.2. The van der Waals surface area contributed by atoms with Crippen LogP contribution < -0.4 is 16.0 Å². The molecule has 4 nitrogen and oxygen atoms in total. The van der Waals surface area contributed by atoms with E-state index in [4.69, 9.17) is 12.2 Å². The molecule has 86 valence electrons. The highest BCUT2D eigenvalue weighted by Crippen LogP contribution is 2.17. The lowest BCUT2D eigenvalue weighted by atomic mass is 10.3. The Hall–Kier alpha value is -0.840.